The van der Waals surface area contributed by atoms with Crippen molar-refractivity contribution in [2.24, 2.45) is 4.99 Å². The van der Waals surface area contributed by atoms with E-state index in [4.69, 9.17) is 4.74 Å². The molecule has 4 heteroatoms. The molecule has 21 heavy (non-hydrogen) atoms. The van der Waals surface area contributed by atoms with Crippen molar-refractivity contribution >= 4 is 17.3 Å². The lowest BCUT2D eigenvalue weighted by molar-refractivity contribution is 0.105. The third-order valence-corrected chi connectivity index (χ3v) is 2.97. The van der Waals surface area contributed by atoms with Crippen LogP contribution in [0.25, 0.3) is 0 Å². The minimum absolute atomic E-state index is 0.119. The van der Waals surface area contributed by atoms with Gasteiger partial charge >= 0.3 is 0 Å². The van der Waals surface area contributed by atoms with Gasteiger partial charge in [0.1, 0.15) is 5.75 Å². The molecule has 0 bridgehead atoms. The smallest absolute Gasteiger partial charge is 0.228 e. The maximum atomic E-state index is 12.6. The average molecular weight is 282 g/mol. The van der Waals surface area contributed by atoms with E-state index in [9.17, 15) is 4.79 Å². The number of rotatable bonds is 4. The lowest BCUT2D eigenvalue weighted by Gasteiger charge is -2.15. The van der Waals surface area contributed by atoms with Gasteiger partial charge in [0.2, 0.25) is 5.78 Å². The number of hydrogen-bond donors (Lipinski definition) is 0. The molecule has 0 amide bonds. The van der Waals surface area contributed by atoms with Gasteiger partial charge in [-0.1, -0.05) is 18.2 Å². The second-order valence-corrected chi connectivity index (χ2v) is 4.72. The highest BCUT2D eigenvalue weighted by atomic mass is 16.5. The van der Waals surface area contributed by atoms with Crippen LogP contribution in [-0.2, 0) is 0 Å². The van der Waals surface area contributed by atoms with Gasteiger partial charge in [-0.15, -0.1) is 0 Å². The highest BCUT2D eigenvalue weighted by molar-refractivity contribution is 6.45. The number of ketones is 1. The van der Waals surface area contributed by atoms with Gasteiger partial charge in [-0.05, 0) is 36.4 Å². The number of amidine groups is 1. The Bertz CT molecular complexity index is 632. The predicted octanol–water partition coefficient (Wildman–Crippen LogP) is 3.17. The molecule has 0 radical (unpaired) electrons. The van der Waals surface area contributed by atoms with Crippen molar-refractivity contribution in [3.8, 4) is 5.75 Å². The van der Waals surface area contributed by atoms with E-state index in [0.29, 0.717) is 11.4 Å². The molecule has 0 N–H and O–H groups in total. The number of carbonyl (C=O) groups excluding carboxylic acids is 1. The van der Waals surface area contributed by atoms with Crippen LogP contribution in [-0.4, -0.2) is 37.7 Å². The number of aliphatic imine (C=N–C) groups is 1. The molecule has 0 heterocycles. The highest BCUT2D eigenvalue weighted by Crippen LogP contribution is 2.15. The number of Topliss-reactive ketones (excluding diaryl/α,β-unsaturated/α-hetero) is 1. The standard InChI is InChI=1S/C17H18N2O2/c1-19(2)17(18-14-7-5-4-6-8-14)16(20)13-9-11-15(21-3)12-10-13/h4-12H,1-3H3. The van der Waals surface area contributed by atoms with Crippen LogP contribution in [0.1, 0.15) is 10.4 Å². The summed E-state index contributed by atoms with van der Waals surface area (Å²) in [6, 6.07) is 16.5. The summed E-state index contributed by atoms with van der Waals surface area (Å²) in [6.07, 6.45) is 0. The fourth-order valence-electron chi connectivity index (χ4n) is 1.85. The van der Waals surface area contributed by atoms with E-state index in [1.165, 1.54) is 0 Å². The van der Waals surface area contributed by atoms with Gasteiger partial charge in [0.15, 0.2) is 5.84 Å². The van der Waals surface area contributed by atoms with Crippen molar-refractivity contribution < 1.29 is 9.53 Å². The molecule has 2 aromatic rings. The van der Waals surface area contributed by atoms with Crippen LogP contribution in [0.3, 0.4) is 0 Å². The fraction of sp³-hybridized carbons (Fsp3) is 0.176. The number of ether oxygens (including phenoxy) is 1. The van der Waals surface area contributed by atoms with Crippen molar-refractivity contribution in [3.05, 3.63) is 60.2 Å². The number of carbonyl (C=O) groups is 1. The number of benzene rings is 2. The molecule has 0 unspecified atom stereocenters. The molecule has 108 valence electrons. The second-order valence-electron chi connectivity index (χ2n) is 4.72. The number of methoxy groups -OCH3 is 1. The van der Waals surface area contributed by atoms with E-state index in [-0.39, 0.29) is 5.78 Å². The van der Waals surface area contributed by atoms with E-state index in [2.05, 4.69) is 4.99 Å². The van der Waals surface area contributed by atoms with Gasteiger partial charge < -0.3 is 9.64 Å². The lowest BCUT2D eigenvalue weighted by Crippen LogP contribution is -2.30. The van der Waals surface area contributed by atoms with Crippen LogP contribution in [0.4, 0.5) is 5.69 Å². The van der Waals surface area contributed by atoms with Crippen molar-refractivity contribution in [1.82, 2.24) is 4.90 Å². The average Bonchev–Trinajstić information content (AvgIpc) is 2.53. The molecular weight excluding hydrogens is 264 g/mol. The topological polar surface area (TPSA) is 41.9 Å². The van der Waals surface area contributed by atoms with Crippen LogP contribution < -0.4 is 4.74 Å². The zero-order chi connectivity index (χ0) is 15.2. The summed E-state index contributed by atoms with van der Waals surface area (Å²) in [7, 11) is 5.21. The summed E-state index contributed by atoms with van der Waals surface area (Å²) in [5.41, 5.74) is 1.34. The summed E-state index contributed by atoms with van der Waals surface area (Å²) in [6.45, 7) is 0. The number of hydrogen-bond acceptors (Lipinski definition) is 3. The van der Waals surface area contributed by atoms with E-state index in [1.54, 1.807) is 36.3 Å². The first kappa shape index (κ1) is 14.8. The SMILES string of the molecule is COc1ccc(C(=O)C(=Nc2ccccc2)N(C)C)cc1. The number of nitrogens with zero attached hydrogens (tertiary/aromatic N) is 2. The summed E-state index contributed by atoms with van der Waals surface area (Å²) >= 11 is 0. The third kappa shape index (κ3) is 3.69. The van der Waals surface area contributed by atoms with Gasteiger partial charge in [-0.2, -0.15) is 0 Å². The Labute approximate surface area is 124 Å². The molecule has 2 rings (SSSR count). The molecule has 0 atom stereocenters. The van der Waals surface area contributed by atoms with E-state index in [0.717, 1.165) is 11.4 Å². The molecule has 4 nitrogen and oxygen atoms in total. The first-order chi connectivity index (χ1) is 10.1. The molecule has 0 aliphatic carbocycles. The first-order valence-electron chi connectivity index (χ1n) is 6.61. The third-order valence-electron chi connectivity index (χ3n) is 2.97. The van der Waals surface area contributed by atoms with Crippen molar-refractivity contribution in [2.75, 3.05) is 21.2 Å². The highest BCUT2D eigenvalue weighted by Gasteiger charge is 2.16. The van der Waals surface area contributed by atoms with E-state index >= 15 is 0 Å². The maximum Gasteiger partial charge on any atom is 0.228 e. The van der Waals surface area contributed by atoms with Gasteiger partial charge in [0, 0.05) is 19.7 Å². The van der Waals surface area contributed by atoms with Crippen LogP contribution >= 0.6 is 0 Å². The number of para-hydroxylation sites is 1. The van der Waals surface area contributed by atoms with Crippen LogP contribution in [0.5, 0.6) is 5.75 Å². The summed E-state index contributed by atoms with van der Waals surface area (Å²) < 4.78 is 5.10. The molecule has 0 saturated carbocycles. The van der Waals surface area contributed by atoms with Gasteiger partial charge in [0.05, 0.1) is 12.8 Å². The Morgan fingerprint density at radius 3 is 2.14 bits per heavy atom. The molecule has 0 spiro atoms. The van der Waals surface area contributed by atoms with Crippen molar-refractivity contribution in [3.63, 3.8) is 0 Å². The Balaban J connectivity index is 2.33. The van der Waals surface area contributed by atoms with Gasteiger partial charge in [-0.3, -0.25) is 4.79 Å². The second kappa shape index (κ2) is 6.70. The summed E-state index contributed by atoms with van der Waals surface area (Å²) in [4.78, 5) is 18.7. The molecule has 2 aromatic carbocycles. The molecule has 0 aromatic heterocycles. The summed E-state index contributed by atoms with van der Waals surface area (Å²) in [5.74, 6) is 0.996. The van der Waals surface area contributed by atoms with Gasteiger partial charge in [-0.25, -0.2) is 4.99 Å². The zero-order valence-corrected chi connectivity index (χ0v) is 12.4. The Morgan fingerprint density at radius 1 is 1.00 bits per heavy atom. The molecular formula is C17H18N2O2. The first-order valence-corrected chi connectivity index (χ1v) is 6.61. The predicted molar refractivity (Wildman–Crippen MR) is 84.5 cm³/mol. The van der Waals surface area contributed by atoms with Crippen molar-refractivity contribution in [2.45, 2.75) is 0 Å². The fourth-order valence-corrected chi connectivity index (χ4v) is 1.85. The zero-order valence-electron chi connectivity index (χ0n) is 12.4. The molecule has 0 aliphatic rings. The Morgan fingerprint density at radius 2 is 1.62 bits per heavy atom. The minimum atomic E-state index is -0.119. The van der Waals surface area contributed by atoms with E-state index in [1.807, 2.05) is 44.4 Å². The van der Waals surface area contributed by atoms with Gasteiger partial charge in [0.25, 0.3) is 0 Å². The normalized spacial score (nSPS) is 11.1. The van der Waals surface area contributed by atoms with Crippen LogP contribution in [0, 0.1) is 0 Å². The maximum absolute atomic E-state index is 12.6. The van der Waals surface area contributed by atoms with Crippen LogP contribution in [0.2, 0.25) is 0 Å². The van der Waals surface area contributed by atoms with Crippen LogP contribution in [0.15, 0.2) is 59.6 Å². The minimum Gasteiger partial charge on any atom is -0.497 e. The Kier molecular flexibility index (Phi) is 4.72. The van der Waals surface area contributed by atoms with E-state index < -0.39 is 0 Å². The largest absolute Gasteiger partial charge is 0.497 e. The quantitative estimate of drug-likeness (QED) is 0.491. The molecule has 0 saturated heterocycles. The monoisotopic (exact) mass is 282 g/mol. The molecule has 0 aliphatic heterocycles. The number of likely N-dealkylation sites (N-methyl/N-ethyl adjacent to an activating group) is 1. The van der Waals surface area contributed by atoms with Crippen molar-refractivity contribution in [1.29, 1.82) is 0 Å². The Hall–Kier alpha value is -2.62. The molecule has 0 fully saturated rings. The lowest BCUT2D eigenvalue weighted by atomic mass is 10.1. The summed E-state index contributed by atoms with van der Waals surface area (Å²) in [5, 5.41) is 0.